The average Bonchev–Trinajstić information content (AvgIpc) is 2.58. The number of benzene rings is 1. The normalized spacial score (nSPS) is 11.1. The van der Waals surface area contributed by atoms with Gasteiger partial charge in [-0.3, -0.25) is 0 Å². The second kappa shape index (κ2) is 3.17. The van der Waals surface area contributed by atoms with Gasteiger partial charge in [0.05, 0.1) is 5.02 Å². The molecule has 0 amide bonds. The molecule has 0 unspecified atom stereocenters. The van der Waals surface area contributed by atoms with Crippen molar-refractivity contribution in [2.24, 2.45) is 0 Å². The Bertz CT molecular complexity index is 490. The summed E-state index contributed by atoms with van der Waals surface area (Å²) in [4.78, 5) is 4.32. The Balaban J connectivity index is 2.84. The zero-order chi connectivity index (χ0) is 10.3. The Hall–Kier alpha value is -1.22. The molecule has 0 aliphatic carbocycles. The van der Waals surface area contributed by atoms with Crippen molar-refractivity contribution in [3.05, 3.63) is 22.5 Å². The predicted molar refractivity (Wildman–Crippen MR) is 57.5 cm³/mol. The fourth-order valence-corrected chi connectivity index (χ4v) is 1.62. The Morgan fingerprint density at radius 1 is 1.57 bits per heavy atom. The maximum absolute atomic E-state index is 5.99. The summed E-state index contributed by atoms with van der Waals surface area (Å²) in [5.41, 5.74) is 8.75. The molecule has 2 aromatic rings. The summed E-state index contributed by atoms with van der Waals surface area (Å²) in [5, 5.41) is 0.523. The molecule has 0 radical (unpaired) electrons. The summed E-state index contributed by atoms with van der Waals surface area (Å²) in [7, 11) is 0. The van der Waals surface area contributed by atoms with Crippen LogP contribution in [0.25, 0.3) is 11.1 Å². The van der Waals surface area contributed by atoms with Gasteiger partial charge in [0.25, 0.3) is 0 Å². The van der Waals surface area contributed by atoms with Crippen molar-refractivity contribution >= 4 is 28.4 Å². The summed E-state index contributed by atoms with van der Waals surface area (Å²) >= 11 is 5.99. The van der Waals surface area contributed by atoms with E-state index < -0.39 is 0 Å². The first-order chi connectivity index (χ1) is 6.63. The third kappa shape index (κ3) is 1.24. The summed E-state index contributed by atoms with van der Waals surface area (Å²) in [6, 6.07) is 1.70. The van der Waals surface area contributed by atoms with E-state index in [1.807, 2.05) is 13.8 Å². The number of oxazole rings is 1. The molecule has 0 saturated carbocycles. The molecule has 1 aromatic carbocycles. The average molecular weight is 211 g/mol. The van der Waals surface area contributed by atoms with E-state index in [4.69, 9.17) is 21.8 Å². The van der Waals surface area contributed by atoms with E-state index in [1.54, 1.807) is 6.07 Å². The van der Waals surface area contributed by atoms with E-state index in [0.717, 1.165) is 17.5 Å². The van der Waals surface area contributed by atoms with Crippen molar-refractivity contribution in [1.29, 1.82) is 0 Å². The van der Waals surface area contributed by atoms with Crippen molar-refractivity contribution in [2.45, 2.75) is 20.3 Å². The Morgan fingerprint density at radius 2 is 2.29 bits per heavy atom. The van der Waals surface area contributed by atoms with E-state index in [2.05, 4.69) is 4.98 Å². The molecule has 0 atom stereocenters. The predicted octanol–water partition coefficient (Wildman–Crippen LogP) is 2.93. The van der Waals surface area contributed by atoms with Gasteiger partial charge < -0.3 is 10.2 Å². The molecular weight excluding hydrogens is 200 g/mol. The lowest BCUT2D eigenvalue weighted by molar-refractivity contribution is 0.538. The lowest BCUT2D eigenvalue weighted by Crippen LogP contribution is -1.90. The molecule has 0 bridgehead atoms. The number of anilines is 1. The molecule has 1 heterocycles. The highest BCUT2D eigenvalue weighted by molar-refractivity contribution is 6.35. The van der Waals surface area contributed by atoms with Crippen LogP contribution in [0, 0.1) is 6.92 Å². The SMILES string of the molecule is CCc1nc2c(C)c(N)cc(Cl)c2o1. The molecule has 1 aromatic heterocycles. The summed E-state index contributed by atoms with van der Waals surface area (Å²) < 4.78 is 5.49. The molecule has 0 aliphatic heterocycles. The van der Waals surface area contributed by atoms with Crippen LogP contribution in [0.15, 0.2) is 10.5 Å². The van der Waals surface area contributed by atoms with E-state index in [9.17, 15) is 0 Å². The molecule has 0 spiro atoms. The summed E-state index contributed by atoms with van der Waals surface area (Å²) in [6.45, 7) is 3.90. The first-order valence-corrected chi connectivity index (χ1v) is 4.85. The van der Waals surface area contributed by atoms with E-state index >= 15 is 0 Å². The monoisotopic (exact) mass is 210 g/mol. The largest absolute Gasteiger partial charge is 0.439 e. The molecule has 2 N–H and O–H groups in total. The highest BCUT2D eigenvalue weighted by Crippen LogP contribution is 2.31. The number of aromatic nitrogens is 1. The van der Waals surface area contributed by atoms with Crippen molar-refractivity contribution in [1.82, 2.24) is 4.98 Å². The molecule has 74 valence electrons. The van der Waals surface area contributed by atoms with Gasteiger partial charge in [-0.1, -0.05) is 18.5 Å². The maximum Gasteiger partial charge on any atom is 0.195 e. The second-order valence-corrected chi connectivity index (χ2v) is 3.62. The minimum Gasteiger partial charge on any atom is -0.439 e. The first kappa shape index (κ1) is 9.34. The topological polar surface area (TPSA) is 52.0 Å². The number of hydrogen-bond donors (Lipinski definition) is 1. The van der Waals surface area contributed by atoms with Gasteiger partial charge in [0.15, 0.2) is 11.5 Å². The lowest BCUT2D eigenvalue weighted by atomic mass is 10.2. The highest BCUT2D eigenvalue weighted by Gasteiger charge is 2.12. The number of nitrogen functional groups attached to an aromatic ring is 1. The molecule has 0 fully saturated rings. The van der Waals surface area contributed by atoms with E-state index in [1.165, 1.54) is 0 Å². The Labute approximate surface area is 86.9 Å². The van der Waals surface area contributed by atoms with Crippen LogP contribution in [0.4, 0.5) is 5.69 Å². The smallest absolute Gasteiger partial charge is 0.195 e. The van der Waals surface area contributed by atoms with Gasteiger partial charge in [-0.25, -0.2) is 4.98 Å². The maximum atomic E-state index is 5.99. The number of nitrogens with zero attached hydrogens (tertiary/aromatic N) is 1. The molecular formula is C10H11ClN2O. The van der Waals surface area contributed by atoms with Crippen LogP contribution in [0.2, 0.25) is 5.02 Å². The minimum absolute atomic E-state index is 0.523. The van der Waals surface area contributed by atoms with Crippen molar-refractivity contribution in [2.75, 3.05) is 5.73 Å². The van der Waals surface area contributed by atoms with Crippen LogP contribution in [-0.2, 0) is 6.42 Å². The lowest BCUT2D eigenvalue weighted by Gasteiger charge is -2.00. The number of nitrogens with two attached hydrogens (primary N) is 1. The third-order valence-corrected chi connectivity index (χ3v) is 2.54. The van der Waals surface area contributed by atoms with Gasteiger partial charge in [-0.05, 0) is 13.0 Å². The Morgan fingerprint density at radius 3 is 2.93 bits per heavy atom. The van der Waals surface area contributed by atoms with Crippen LogP contribution >= 0.6 is 11.6 Å². The van der Waals surface area contributed by atoms with Crippen LogP contribution in [0.5, 0.6) is 0 Å². The van der Waals surface area contributed by atoms with Crippen LogP contribution < -0.4 is 5.73 Å². The van der Waals surface area contributed by atoms with Crippen LogP contribution in [0.1, 0.15) is 18.4 Å². The third-order valence-electron chi connectivity index (χ3n) is 2.26. The van der Waals surface area contributed by atoms with Gasteiger partial charge in [-0.15, -0.1) is 0 Å². The highest BCUT2D eigenvalue weighted by atomic mass is 35.5. The molecule has 4 heteroatoms. The molecule has 3 nitrogen and oxygen atoms in total. The van der Waals surface area contributed by atoms with Crippen molar-refractivity contribution in [3.63, 3.8) is 0 Å². The van der Waals surface area contributed by atoms with Gasteiger partial charge >= 0.3 is 0 Å². The number of rotatable bonds is 1. The Kier molecular flexibility index (Phi) is 2.11. The molecule has 0 aliphatic rings. The number of fused-ring (bicyclic) bond motifs is 1. The fourth-order valence-electron chi connectivity index (χ4n) is 1.38. The first-order valence-electron chi connectivity index (χ1n) is 4.47. The number of halogens is 1. The van der Waals surface area contributed by atoms with Crippen molar-refractivity contribution < 1.29 is 4.42 Å². The van der Waals surface area contributed by atoms with Gasteiger partial charge in [0.1, 0.15) is 5.52 Å². The quantitative estimate of drug-likeness (QED) is 0.737. The van der Waals surface area contributed by atoms with Crippen LogP contribution in [-0.4, -0.2) is 4.98 Å². The minimum atomic E-state index is 0.523. The summed E-state index contributed by atoms with van der Waals surface area (Å²) in [6.07, 6.45) is 0.754. The fraction of sp³-hybridized carbons (Fsp3) is 0.300. The second-order valence-electron chi connectivity index (χ2n) is 3.21. The van der Waals surface area contributed by atoms with Crippen molar-refractivity contribution in [3.8, 4) is 0 Å². The molecule has 2 rings (SSSR count). The zero-order valence-corrected chi connectivity index (χ0v) is 8.85. The van der Waals surface area contributed by atoms with Gasteiger partial charge in [-0.2, -0.15) is 0 Å². The number of hydrogen-bond acceptors (Lipinski definition) is 3. The number of aryl methyl sites for hydroxylation is 2. The van der Waals surface area contributed by atoms with Gasteiger partial charge in [0, 0.05) is 17.7 Å². The summed E-state index contributed by atoms with van der Waals surface area (Å²) in [5.74, 6) is 0.690. The van der Waals surface area contributed by atoms with Crippen LogP contribution in [0.3, 0.4) is 0 Å². The zero-order valence-electron chi connectivity index (χ0n) is 8.10. The van der Waals surface area contributed by atoms with E-state index in [-0.39, 0.29) is 0 Å². The molecule has 0 saturated heterocycles. The van der Waals surface area contributed by atoms with Gasteiger partial charge in [0.2, 0.25) is 0 Å². The standard InChI is InChI=1S/C10H11ClN2O/c1-3-8-13-9-5(2)7(12)4-6(11)10(9)14-8/h4H,3,12H2,1-2H3. The molecule has 14 heavy (non-hydrogen) atoms. The van der Waals surface area contributed by atoms with E-state index in [0.29, 0.717) is 22.2 Å².